The van der Waals surface area contributed by atoms with Crippen LogP contribution in [-0.2, 0) is 4.79 Å². The number of amides is 2. The molecule has 1 aromatic carbocycles. The Kier molecular flexibility index (Phi) is 8.54. The highest BCUT2D eigenvalue weighted by molar-refractivity contribution is 7.80. The number of carbonyl (C=O) groups is 2. The van der Waals surface area contributed by atoms with E-state index in [1.165, 1.54) is 19.3 Å². The molecule has 1 aliphatic heterocycles. The lowest BCUT2D eigenvalue weighted by Crippen LogP contribution is -2.35. The molecule has 2 rings (SSSR count). The normalized spacial score (nSPS) is 13.5. The van der Waals surface area contributed by atoms with Crippen molar-refractivity contribution in [3.05, 3.63) is 29.8 Å². The van der Waals surface area contributed by atoms with E-state index in [1.807, 2.05) is 23.1 Å². The van der Waals surface area contributed by atoms with Crippen LogP contribution in [0.2, 0.25) is 0 Å². The smallest absolute Gasteiger partial charge is 0.255 e. The average Bonchev–Trinajstić information content (AvgIpc) is 3.16. The van der Waals surface area contributed by atoms with Gasteiger partial charge in [0.2, 0.25) is 5.91 Å². The first-order chi connectivity index (χ1) is 12.6. The molecule has 0 atom stereocenters. The van der Waals surface area contributed by atoms with E-state index >= 15 is 0 Å². The van der Waals surface area contributed by atoms with Crippen molar-refractivity contribution in [2.24, 2.45) is 0 Å². The Hall–Kier alpha value is -1.95. The molecule has 0 aliphatic carbocycles. The summed E-state index contributed by atoms with van der Waals surface area (Å²) >= 11 is 5.25. The number of hydrogen-bond acceptors (Lipinski definition) is 3. The number of carbonyl (C=O) groups excluding carboxylic acids is 2. The van der Waals surface area contributed by atoms with Crippen molar-refractivity contribution in [3.63, 3.8) is 0 Å². The molecular weight excluding hydrogens is 346 g/mol. The number of nitrogens with one attached hydrogen (secondary N) is 2. The fourth-order valence-electron chi connectivity index (χ4n) is 3.10. The third-order valence-electron chi connectivity index (χ3n) is 4.56. The van der Waals surface area contributed by atoms with Gasteiger partial charge < -0.3 is 15.5 Å². The van der Waals surface area contributed by atoms with Crippen LogP contribution in [-0.4, -0.2) is 34.9 Å². The summed E-state index contributed by atoms with van der Waals surface area (Å²) in [6.07, 6.45) is 8.08. The Morgan fingerprint density at radius 1 is 1.08 bits per heavy atom. The minimum Gasteiger partial charge on any atom is -0.339 e. The first kappa shape index (κ1) is 20.4. The zero-order valence-electron chi connectivity index (χ0n) is 15.6. The van der Waals surface area contributed by atoms with Crippen LogP contribution >= 0.6 is 12.2 Å². The monoisotopic (exact) mass is 375 g/mol. The van der Waals surface area contributed by atoms with E-state index < -0.39 is 0 Å². The zero-order chi connectivity index (χ0) is 18.8. The van der Waals surface area contributed by atoms with Gasteiger partial charge in [0.25, 0.3) is 5.91 Å². The maximum Gasteiger partial charge on any atom is 0.255 e. The highest BCUT2D eigenvalue weighted by Gasteiger charge is 2.22. The standard InChI is InChI=1S/C20H29N3O2S/c1-2-3-4-5-6-13-18(24)22-20(26)21-17-12-8-7-11-16(17)19(25)23-14-9-10-15-23/h7-8,11-12H,2-6,9-10,13-15H2,1H3,(H2,21,22,24,26). The van der Waals surface area contributed by atoms with Crippen LogP contribution in [0, 0.1) is 0 Å². The number of anilines is 1. The van der Waals surface area contributed by atoms with Crippen molar-refractivity contribution in [2.45, 2.75) is 58.3 Å². The predicted octanol–water partition coefficient (Wildman–Crippen LogP) is 4.10. The minimum atomic E-state index is -0.0812. The molecule has 0 saturated carbocycles. The second-order valence-electron chi connectivity index (χ2n) is 6.71. The molecule has 142 valence electrons. The van der Waals surface area contributed by atoms with Crippen molar-refractivity contribution in [2.75, 3.05) is 18.4 Å². The topological polar surface area (TPSA) is 61.4 Å². The summed E-state index contributed by atoms with van der Waals surface area (Å²) in [7, 11) is 0. The molecule has 1 aromatic rings. The first-order valence-electron chi connectivity index (χ1n) is 9.61. The number of para-hydroxylation sites is 1. The number of thiocarbonyl (C=S) groups is 1. The van der Waals surface area contributed by atoms with E-state index in [2.05, 4.69) is 17.6 Å². The highest BCUT2D eigenvalue weighted by atomic mass is 32.1. The van der Waals surface area contributed by atoms with Gasteiger partial charge >= 0.3 is 0 Å². The van der Waals surface area contributed by atoms with Gasteiger partial charge in [-0.15, -0.1) is 0 Å². The second-order valence-corrected chi connectivity index (χ2v) is 7.12. The van der Waals surface area contributed by atoms with E-state index in [0.29, 0.717) is 17.7 Å². The van der Waals surface area contributed by atoms with Gasteiger partial charge in [0, 0.05) is 19.5 Å². The van der Waals surface area contributed by atoms with Gasteiger partial charge in [-0.1, -0.05) is 44.7 Å². The molecule has 1 fully saturated rings. The van der Waals surface area contributed by atoms with Crippen molar-refractivity contribution in [1.29, 1.82) is 0 Å². The quantitative estimate of drug-likeness (QED) is 0.530. The lowest BCUT2D eigenvalue weighted by molar-refractivity contribution is -0.119. The Morgan fingerprint density at radius 2 is 1.77 bits per heavy atom. The third-order valence-corrected chi connectivity index (χ3v) is 4.76. The number of rotatable bonds is 8. The number of nitrogens with zero attached hydrogens (tertiary/aromatic N) is 1. The van der Waals surface area contributed by atoms with E-state index in [1.54, 1.807) is 6.07 Å². The summed E-state index contributed by atoms with van der Waals surface area (Å²) in [5.41, 5.74) is 1.23. The molecule has 0 aromatic heterocycles. The first-order valence-corrected chi connectivity index (χ1v) is 10.0. The lowest BCUT2D eigenvalue weighted by Gasteiger charge is -2.18. The molecule has 0 bridgehead atoms. The summed E-state index contributed by atoms with van der Waals surface area (Å²) in [6, 6.07) is 7.29. The molecule has 1 saturated heterocycles. The maximum atomic E-state index is 12.7. The fraction of sp³-hybridized carbons (Fsp3) is 0.550. The molecule has 5 nitrogen and oxygen atoms in total. The summed E-state index contributed by atoms with van der Waals surface area (Å²) in [6.45, 7) is 3.77. The molecule has 0 radical (unpaired) electrons. The molecule has 0 spiro atoms. The maximum absolute atomic E-state index is 12.7. The van der Waals surface area contributed by atoms with Gasteiger partial charge in [-0.05, 0) is 43.6 Å². The largest absolute Gasteiger partial charge is 0.339 e. The Bertz CT molecular complexity index is 627. The van der Waals surface area contributed by atoms with E-state index in [0.717, 1.165) is 38.8 Å². The zero-order valence-corrected chi connectivity index (χ0v) is 16.4. The molecule has 26 heavy (non-hydrogen) atoms. The lowest BCUT2D eigenvalue weighted by atomic mass is 10.1. The summed E-state index contributed by atoms with van der Waals surface area (Å²) in [5, 5.41) is 5.96. The summed E-state index contributed by atoms with van der Waals surface area (Å²) in [5.74, 6) is -0.0713. The van der Waals surface area contributed by atoms with Gasteiger partial charge in [0.05, 0.1) is 11.3 Å². The average molecular weight is 376 g/mol. The predicted molar refractivity (Wildman–Crippen MR) is 109 cm³/mol. The fourth-order valence-corrected chi connectivity index (χ4v) is 3.32. The van der Waals surface area contributed by atoms with Crippen LogP contribution in [0.15, 0.2) is 24.3 Å². The number of hydrogen-bond donors (Lipinski definition) is 2. The highest BCUT2D eigenvalue weighted by Crippen LogP contribution is 2.20. The Morgan fingerprint density at radius 3 is 2.50 bits per heavy atom. The van der Waals surface area contributed by atoms with Crippen LogP contribution in [0.5, 0.6) is 0 Å². The van der Waals surface area contributed by atoms with Crippen LogP contribution in [0.25, 0.3) is 0 Å². The molecule has 0 unspecified atom stereocenters. The SMILES string of the molecule is CCCCCCCC(=O)NC(=S)Nc1ccccc1C(=O)N1CCCC1. The van der Waals surface area contributed by atoms with Crippen LogP contribution in [0.3, 0.4) is 0 Å². The van der Waals surface area contributed by atoms with Crippen molar-refractivity contribution in [3.8, 4) is 0 Å². The third kappa shape index (κ3) is 6.41. The summed E-state index contributed by atoms with van der Waals surface area (Å²) < 4.78 is 0. The molecular formula is C20H29N3O2S. The minimum absolute atomic E-state index is 0.00986. The Labute approximate surface area is 161 Å². The van der Waals surface area contributed by atoms with Crippen molar-refractivity contribution < 1.29 is 9.59 Å². The van der Waals surface area contributed by atoms with Crippen molar-refractivity contribution >= 4 is 34.8 Å². The van der Waals surface area contributed by atoms with Crippen LogP contribution in [0.1, 0.15) is 68.6 Å². The second kappa shape index (κ2) is 10.9. The number of benzene rings is 1. The van der Waals surface area contributed by atoms with Gasteiger partial charge in [0.15, 0.2) is 5.11 Å². The van der Waals surface area contributed by atoms with Crippen LogP contribution in [0.4, 0.5) is 5.69 Å². The van der Waals surface area contributed by atoms with E-state index in [4.69, 9.17) is 12.2 Å². The van der Waals surface area contributed by atoms with E-state index in [9.17, 15) is 9.59 Å². The summed E-state index contributed by atoms with van der Waals surface area (Å²) in [4.78, 5) is 26.5. The van der Waals surface area contributed by atoms with Crippen LogP contribution < -0.4 is 10.6 Å². The number of unbranched alkanes of at least 4 members (excludes halogenated alkanes) is 4. The van der Waals surface area contributed by atoms with Crippen molar-refractivity contribution in [1.82, 2.24) is 10.2 Å². The Balaban J connectivity index is 1.85. The van der Waals surface area contributed by atoms with Gasteiger partial charge in [-0.2, -0.15) is 0 Å². The van der Waals surface area contributed by atoms with Gasteiger partial charge in [-0.3, -0.25) is 9.59 Å². The molecule has 6 heteroatoms. The van der Waals surface area contributed by atoms with Gasteiger partial charge in [0.1, 0.15) is 0 Å². The van der Waals surface area contributed by atoms with E-state index in [-0.39, 0.29) is 16.9 Å². The number of likely N-dealkylation sites (tertiary alicyclic amines) is 1. The molecule has 1 aliphatic rings. The molecule has 2 amide bonds. The molecule has 2 N–H and O–H groups in total. The molecule has 1 heterocycles. The van der Waals surface area contributed by atoms with Gasteiger partial charge in [-0.25, -0.2) is 0 Å².